The van der Waals surface area contributed by atoms with Gasteiger partial charge in [0.25, 0.3) is 0 Å². The maximum absolute atomic E-state index is 14.0. The molecule has 1 aromatic carbocycles. The molecule has 1 heterocycles. The highest BCUT2D eigenvalue weighted by Gasteiger charge is 2.37. The van der Waals surface area contributed by atoms with Crippen LogP contribution in [0.4, 0.5) is 4.39 Å². The van der Waals surface area contributed by atoms with Gasteiger partial charge in [0.15, 0.2) is 0 Å². The van der Waals surface area contributed by atoms with Gasteiger partial charge in [0.05, 0.1) is 5.54 Å². The fourth-order valence-electron chi connectivity index (χ4n) is 3.19. The highest BCUT2D eigenvalue weighted by molar-refractivity contribution is 5.27. The number of hydrogen-bond donors (Lipinski definition) is 1. The van der Waals surface area contributed by atoms with Crippen LogP contribution in [0.3, 0.4) is 0 Å². The lowest BCUT2D eigenvalue weighted by Crippen LogP contribution is -2.53. The van der Waals surface area contributed by atoms with Crippen LogP contribution >= 0.6 is 0 Å². The quantitative estimate of drug-likeness (QED) is 0.890. The molecule has 1 aromatic rings. The SMILES string of the molecule is CCC(N1CCCC1)C(C)(N)c1ccccc1F. The molecule has 2 N–H and O–H groups in total. The maximum atomic E-state index is 14.0. The Morgan fingerprint density at radius 3 is 2.50 bits per heavy atom. The van der Waals surface area contributed by atoms with E-state index in [0.29, 0.717) is 5.56 Å². The number of nitrogens with two attached hydrogens (primary N) is 1. The van der Waals surface area contributed by atoms with E-state index in [1.54, 1.807) is 6.07 Å². The van der Waals surface area contributed by atoms with Crippen LogP contribution < -0.4 is 5.73 Å². The Bertz CT molecular complexity index is 397. The molecule has 3 heteroatoms. The Balaban J connectivity index is 2.30. The molecule has 2 rings (SSSR count). The van der Waals surface area contributed by atoms with Gasteiger partial charge in [0.2, 0.25) is 0 Å². The lowest BCUT2D eigenvalue weighted by Gasteiger charge is -2.40. The fraction of sp³-hybridized carbons (Fsp3) is 0.600. The first-order valence-electron chi connectivity index (χ1n) is 6.85. The molecule has 0 bridgehead atoms. The summed E-state index contributed by atoms with van der Waals surface area (Å²) in [5, 5.41) is 0. The lowest BCUT2D eigenvalue weighted by atomic mass is 9.83. The summed E-state index contributed by atoms with van der Waals surface area (Å²) in [4.78, 5) is 2.41. The Hall–Kier alpha value is -0.930. The largest absolute Gasteiger partial charge is 0.320 e. The van der Waals surface area contributed by atoms with Crippen LogP contribution in [0.5, 0.6) is 0 Å². The van der Waals surface area contributed by atoms with Crippen LogP contribution in [0.25, 0.3) is 0 Å². The topological polar surface area (TPSA) is 29.3 Å². The first-order chi connectivity index (χ1) is 8.57. The van der Waals surface area contributed by atoms with E-state index in [9.17, 15) is 4.39 Å². The van der Waals surface area contributed by atoms with Gasteiger partial charge in [-0.1, -0.05) is 25.1 Å². The molecule has 2 nitrogen and oxygen atoms in total. The third kappa shape index (κ3) is 2.43. The summed E-state index contributed by atoms with van der Waals surface area (Å²) in [5.41, 5.74) is 6.49. The normalized spacial score (nSPS) is 21.8. The Morgan fingerprint density at radius 1 is 1.33 bits per heavy atom. The standard InChI is InChI=1S/C15H23FN2/c1-3-14(18-10-6-7-11-18)15(2,17)12-8-4-5-9-13(12)16/h4-5,8-9,14H,3,6-7,10-11,17H2,1-2H3. The minimum atomic E-state index is -0.634. The predicted octanol–water partition coefficient (Wildman–Crippen LogP) is 2.87. The molecule has 1 fully saturated rings. The number of rotatable bonds is 4. The van der Waals surface area contributed by atoms with Crippen molar-refractivity contribution in [3.63, 3.8) is 0 Å². The second-order valence-corrected chi connectivity index (χ2v) is 5.43. The van der Waals surface area contributed by atoms with E-state index in [0.717, 1.165) is 19.5 Å². The van der Waals surface area contributed by atoms with Crippen molar-refractivity contribution in [3.8, 4) is 0 Å². The van der Waals surface area contributed by atoms with Crippen LogP contribution in [0.15, 0.2) is 24.3 Å². The van der Waals surface area contributed by atoms with Crippen molar-refractivity contribution in [2.24, 2.45) is 5.73 Å². The number of benzene rings is 1. The average molecular weight is 250 g/mol. The first-order valence-corrected chi connectivity index (χ1v) is 6.85. The van der Waals surface area contributed by atoms with Crippen LogP contribution in [0.1, 0.15) is 38.7 Å². The van der Waals surface area contributed by atoms with E-state index in [4.69, 9.17) is 5.73 Å². The van der Waals surface area contributed by atoms with Crippen LogP contribution in [-0.2, 0) is 5.54 Å². The van der Waals surface area contributed by atoms with E-state index in [-0.39, 0.29) is 11.9 Å². The Morgan fingerprint density at radius 2 is 1.94 bits per heavy atom. The van der Waals surface area contributed by atoms with Gasteiger partial charge < -0.3 is 5.73 Å². The van der Waals surface area contributed by atoms with Crippen LogP contribution in [0.2, 0.25) is 0 Å². The van der Waals surface area contributed by atoms with E-state index in [1.807, 2.05) is 19.1 Å². The van der Waals surface area contributed by atoms with Crippen molar-refractivity contribution in [3.05, 3.63) is 35.6 Å². The van der Waals surface area contributed by atoms with E-state index < -0.39 is 5.54 Å². The Kier molecular flexibility index (Phi) is 4.03. The minimum absolute atomic E-state index is 0.194. The van der Waals surface area contributed by atoms with Crippen molar-refractivity contribution in [2.75, 3.05) is 13.1 Å². The molecule has 2 unspecified atom stereocenters. The van der Waals surface area contributed by atoms with Gasteiger partial charge in [0, 0.05) is 11.6 Å². The van der Waals surface area contributed by atoms with Gasteiger partial charge in [-0.3, -0.25) is 4.90 Å². The molecule has 18 heavy (non-hydrogen) atoms. The first kappa shape index (κ1) is 13.5. The Labute approximate surface area is 109 Å². The maximum Gasteiger partial charge on any atom is 0.128 e. The summed E-state index contributed by atoms with van der Waals surface area (Å²) in [5.74, 6) is -0.194. The van der Waals surface area contributed by atoms with E-state index in [2.05, 4.69) is 11.8 Å². The van der Waals surface area contributed by atoms with Gasteiger partial charge in [-0.2, -0.15) is 0 Å². The second kappa shape index (κ2) is 5.37. The molecule has 0 aliphatic carbocycles. The van der Waals surface area contributed by atoms with Gasteiger partial charge >= 0.3 is 0 Å². The second-order valence-electron chi connectivity index (χ2n) is 5.43. The number of halogens is 1. The van der Waals surface area contributed by atoms with Crippen molar-refractivity contribution in [1.82, 2.24) is 4.90 Å². The van der Waals surface area contributed by atoms with E-state index in [1.165, 1.54) is 18.9 Å². The van der Waals surface area contributed by atoms with Crippen molar-refractivity contribution < 1.29 is 4.39 Å². The summed E-state index contributed by atoms with van der Waals surface area (Å²) in [6.07, 6.45) is 3.40. The monoisotopic (exact) mass is 250 g/mol. The summed E-state index contributed by atoms with van der Waals surface area (Å²) >= 11 is 0. The molecular formula is C15H23FN2. The van der Waals surface area contributed by atoms with Crippen LogP contribution in [0, 0.1) is 5.82 Å². The third-order valence-corrected chi connectivity index (χ3v) is 4.11. The fourth-order valence-corrected chi connectivity index (χ4v) is 3.19. The number of likely N-dealkylation sites (tertiary alicyclic amines) is 1. The zero-order valence-electron chi connectivity index (χ0n) is 11.3. The number of nitrogens with zero attached hydrogens (tertiary/aromatic N) is 1. The molecule has 1 aliphatic heterocycles. The highest BCUT2D eigenvalue weighted by Crippen LogP contribution is 2.31. The molecular weight excluding hydrogens is 227 g/mol. The van der Waals surface area contributed by atoms with Gasteiger partial charge in [0.1, 0.15) is 5.82 Å². The highest BCUT2D eigenvalue weighted by atomic mass is 19.1. The zero-order chi connectivity index (χ0) is 13.2. The molecule has 1 aliphatic rings. The lowest BCUT2D eigenvalue weighted by molar-refractivity contribution is 0.149. The summed E-state index contributed by atoms with van der Waals surface area (Å²) in [7, 11) is 0. The minimum Gasteiger partial charge on any atom is -0.320 e. The van der Waals surface area contributed by atoms with Crippen LogP contribution in [-0.4, -0.2) is 24.0 Å². The molecule has 1 saturated heterocycles. The summed E-state index contributed by atoms with van der Waals surface area (Å²) in [6.45, 7) is 6.26. The predicted molar refractivity (Wildman–Crippen MR) is 72.8 cm³/mol. The van der Waals surface area contributed by atoms with E-state index >= 15 is 0 Å². The molecule has 0 spiro atoms. The molecule has 0 amide bonds. The summed E-state index contributed by atoms with van der Waals surface area (Å²) < 4.78 is 14.0. The van der Waals surface area contributed by atoms with Crippen molar-refractivity contribution in [1.29, 1.82) is 0 Å². The zero-order valence-corrected chi connectivity index (χ0v) is 11.3. The van der Waals surface area contributed by atoms with Crippen molar-refractivity contribution >= 4 is 0 Å². The molecule has 2 atom stereocenters. The smallest absolute Gasteiger partial charge is 0.128 e. The summed E-state index contributed by atoms with van der Waals surface area (Å²) in [6, 6.07) is 7.09. The van der Waals surface area contributed by atoms with Gasteiger partial charge in [-0.15, -0.1) is 0 Å². The number of hydrogen-bond acceptors (Lipinski definition) is 2. The third-order valence-electron chi connectivity index (χ3n) is 4.11. The van der Waals surface area contributed by atoms with Gasteiger partial charge in [-0.25, -0.2) is 4.39 Å². The van der Waals surface area contributed by atoms with Gasteiger partial charge in [-0.05, 0) is 45.3 Å². The van der Waals surface area contributed by atoms with Crippen molar-refractivity contribution in [2.45, 2.75) is 44.7 Å². The molecule has 0 aromatic heterocycles. The molecule has 0 radical (unpaired) electrons. The molecule has 0 saturated carbocycles. The molecule has 100 valence electrons. The average Bonchev–Trinajstić information content (AvgIpc) is 2.83.